The molecule has 190 valence electrons. The zero-order chi connectivity index (χ0) is 26.5. The van der Waals surface area contributed by atoms with Crippen molar-refractivity contribution in [2.45, 2.75) is 45.2 Å². The average Bonchev–Trinajstić information content (AvgIpc) is 2.86. The van der Waals surface area contributed by atoms with Crippen molar-refractivity contribution < 1.29 is 18.0 Å². The van der Waals surface area contributed by atoms with Gasteiger partial charge in [0.2, 0.25) is 11.8 Å². The van der Waals surface area contributed by atoms with Crippen LogP contribution in [0.5, 0.6) is 0 Å². The first-order valence-corrected chi connectivity index (χ1v) is 13.2. The maximum atomic E-state index is 13.8. The molecular formula is C28H33N3O4S. The fourth-order valence-corrected chi connectivity index (χ4v) is 5.51. The van der Waals surface area contributed by atoms with Crippen LogP contribution in [0.4, 0.5) is 5.69 Å². The van der Waals surface area contributed by atoms with Gasteiger partial charge in [0, 0.05) is 13.6 Å². The molecule has 0 spiro atoms. The Kier molecular flexibility index (Phi) is 8.53. The second-order valence-electron chi connectivity index (χ2n) is 8.92. The SMILES string of the molecule is CNC(=O)[C@H](C)N(Cc1cccc(C)c1)C(=O)CN(c1cc(C)ccc1C)S(=O)(=O)c1ccccc1. The van der Waals surface area contributed by atoms with Gasteiger partial charge in [-0.25, -0.2) is 8.42 Å². The van der Waals surface area contributed by atoms with E-state index in [1.807, 2.05) is 57.2 Å². The van der Waals surface area contributed by atoms with Gasteiger partial charge in [-0.1, -0.05) is 60.2 Å². The lowest BCUT2D eigenvalue weighted by Gasteiger charge is -2.32. The zero-order valence-electron chi connectivity index (χ0n) is 21.4. The molecule has 36 heavy (non-hydrogen) atoms. The summed E-state index contributed by atoms with van der Waals surface area (Å²) in [6.07, 6.45) is 0. The molecule has 0 aliphatic heterocycles. The number of hydrogen-bond acceptors (Lipinski definition) is 4. The van der Waals surface area contributed by atoms with Gasteiger partial charge in [0.15, 0.2) is 0 Å². The Morgan fingerprint density at radius 1 is 0.889 bits per heavy atom. The van der Waals surface area contributed by atoms with Crippen molar-refractivity contribution in [1.29, 1.82) is 0 Å². The topological polar surface area (TPSA) is 86.8 Å². The second-order valence-corrected chi connectivity index (χ2v) is 10.8. The van der Waals surface area contributed by atoms with Crippen LogP contribution < -0.4 is 9.62 Å². The van der Waals surface area contributed by atoms with Crippen molar-refractivity contribution in [2.24, 2.45) is 0 Å². The van der Waals surface area contributed by atoms with Crippen molar-refractivity contribution in [3.63, 3.8) is 0 Å². The maximum absolute atomic E-state index is 13.8. The van der Waals surface area contributed by atoms with Gasteiger partial charge in [-0.15, -0.1) is 0 Å². The number of rotatable bonds is 9. The minimum atomic E-state index is -4.07. The highest BCUT2D eigenvalue weighted by atomic mass is 32.2. The number of nitrogens with zero attached hydrogens (tertiary/aromatic N) is 2. The van der Waals surface area contributed by atoms with E-state index in [9.17, 15) is 18.0 Å². The van der Waals surface area contributed by atoms with Gasteiger partial charge in [-0.2, -0.15) is 0 Å². The molecule has 0 saturated carbocycles. The van der Waals surface area contributed by atoms with E-state index in [4.69, 9.17) is 0 Å². The molecule has 1 N–H and O–H groups in total. The summed E-state index contributed by atoms with van der Waals surface area (Å²) in [6, 6.07) is 20.4. The molecule has 0 saturated heterocycles. The van der Waals surface area contributed by atoms with Gasteiger partial charge in [0.1, 0.15) is 12.6 Å². The van der Waals surface area contributed by atoms with E-state index < -0.39 is 28.5 Å². The Bertz CT molecular complexity index is 1340. The van der Waals surface area contributed by atoms with E-state index in [2.05, 4.69) is 5.32 Å². The van der Waals surface area contributed by atoms with Crippen LogP contribution in [0.15, 0.2) is 77.7 Å². The summed E-state index contributed by atoms with van der Waals surface area (Å²) >= 11 is 0. The van der Waals surface area contributed by atoms with E-state index in [1.54, 1.807) is 31.2 Å². The van der Waals surface area contributed by atoms with E-state index in [0.29, 0.717) is 5.69 Å². The van der Waals surface area contributed by atoms with Crippen LogP contribution in [0.2, 0.25) is 0 Å². The first-order chi connectivity index (χ1) is 17.0. The lowest BCUT2D eigenvalue weighted by molar-refractivity contribution is -0.139. The number of anilines is 1. The number of carbonyl (C=O) groups is 2. The van der Waals surface area contributed by atoms with Gasteiger partial charge < -0.3 is 10.2 Å². The van der Waals surface area contributed by atoms with Crippen molar-refractivity contribution in [3.05, 3.63) is 95.1 Å². The highest BCUT2D eigenvalue weighted by Crippen LogP contribution is 2.28. The second kappa shape index (κ2) is 11.4. The van der Waals surface area contributed by atoms with E-state index >= 15 is 0 Å². The van der Waals surface area contributed by atoms with Crippen molar-refractivity contribution in [1.82, 2.24) is 10.2 Å². The molecule has 0 unspecified atom stereocenters. The lowest BCUT2D eigenvalue weighted by atomic mass is 10.1. The summed E-state index contributed by atoms with van der Waals surface area (Å²) < 4.78 is 28.7. The van der Waals surface area contributed by atoms with Crippen LogP contribution in [0.25, 0.3) is 0 Å². The molecular weight excluding hydrogens is 474 g/mol. The molecule has 0 fully saturated rings. The number of likely N-dealkylation sites (N-methyl/N-ethyl adjacent to an activating group) is 1. The Morgan fingerprint density at radius 2 is 1.56 bits per heavy atom. The Labute approximate surface area is 213 Å². The zero-order valence-corrected chi connectivity index (χ0v) is 22.2. The van der Waals surface area contributed by atoms with Gasteiger partial charge in [-0.05, 0) is 62.6 Å². The van der Waals surface area contributed by atoms with Crippen LogP contribution in [-0.2, 0) is 26.2 Å². The van der Waals surface area contributed by atoms with Crippen LogP contribution in [0.3, 0.4) is 0 Å². The van der Waals surface area contributed by atoms with E-state index in [1.165, 1.54) is 24.1 Å². The number of sulfonamides is 1. The van der Waals surface area contributed by atoms with Crippen LogP contribution in [0.1, 0.15) is 29.2 Å². The predicted molar refractivity (Wildman–Crippen MR) is 142 cm³/mol. The molecule has 1 atom stereocenters. The first-order valence-electron chi connectivity index (χ1n) is 11.8. The number of nitrogens with one attached hydrogen (secondary N) is 1. The molecule has 0 heterocycles. The molecule has 0 bridgehead atoms. The average molecular weight is 508 g/mol. The molecule has 0 radical (unpaired) electrons. The van der Waals surface area contributed by atoms with E-state index in [-0.39, 0.29) is 17.3 Å². The molecule has 7 nitrogen and oxygen atoms in total. The Balaban J connectivity index is 2.07. The van der Waals surface area contributed by atoms with Gasteiger partial charge in [-0.3, -0.25) is 13.9 Å². The number of carbonyl (C=O) groups excluding carboxylic acids is 2. The maximum Gasteiger partial charge on any atom is 0.264 e. The van der Waals surface area contributed by atoms with Crippen molar-refractivity contribution >= 4 is 27.5 Å². The third kappa shape index (κ3) is 6.12. The summed E-state index contributed by atoms with van der Waals surface area (Å²) in [5.41, 5.74) is 3.89. The Hall–Kier alpha value is -3.65. The molecule has 0 aliphatic rings. The fourth-order valence-electron chi connectivity index (χ4n) is 4.02. The first kappa shape index (κ1) is 26.9. The summed E-state index contributed by atoms with van der Waals surface area (Å²) in [5.74, 6) is -0.812. The summed E-state index contributed by atoms with van der Waals surface area (Å²) in [4.78, 5) is 27.9. The number of hydrogen-bond donors (Lipinski definition) is 1. The molecule has 0 aliphatic carbocycles. The van der Waals surface area contributed by atoms with Crippen LogP contribution in [0, 0.1) is 20.8 Å². The van der Waals surface area contributed by atoms with Gasteiger partial charge in [0.25, 0.3) is 10.0 Å². The molecule has 3 aromatic rings. The number of aryl methyl sites for hydroxylation is 3. The molecule has 2 amide bonds. The highest BCUT2D eigenvalue weighted by Gasteiger charge is 2.32. The summed E-state index contributed by atoms with van der Waals surface area (Å²) in [5, 5.41) is 2.59. The molecule has 8 heteroatoms. The van der Waals surface area contributed by atoms with Crippen molar-refractivity contribution in [3.8, 4) is 0 Å². The molecule has 3 aromatic carbocycles. The van der Waals surface area contributed by atoms with Crippen LogP contribution in [-0.4, -0.2) is 44.8 Å². The predicted octanol–water partition coefficient (Wildman–Crippen LogP) is 3.97. The smallest absolute Gasteiger partial charge is 0.264 e. The van der Waals surface area contributed by atoms with E-state index in [0.717, 1.165) is 26.6 Å². The molecule has 0 aromatic heterocycles. The normalized spacial score (nSPS) is 12.0. The van der Waals surface area contributed by atoms with Crippen molar-refractivity contribution in [2.75, 3.05) is 17.9 Å². The minimum Gasteiger partial charge on any atom is -0.357 e. The van der Waals surface area contributed by atoms with Gasteiger partial charge >= 0.3 is 0 Å². The quantitative estimate of drug-likeness (QED) is 0.475. The lowest BCUT2D eigenvalue weighted by Crippen LogP contribution is -2.50. The largest absolute Gasteiger partial charge is 0.357 e. The van der Waals surface area contributed by atoms with Gasteiger partial charge in [0.05, 0.1) is 10.6 Å². The standard InChI is InChI=1S/C28H33N3O4S/c1-20-10-9-11-24(16-20)18-30(23(4)28(33)29-5)27(32)19-31(26-17-21(2)14-15-22(26)3)36(34,35)25-12-7-6-8-13-25/h6-17,23H,18-19H2,1-5H3,(H,29,33)/t23-/m0/s1. The third-order valence-corrected chi connectivity index (χ3v) is 7.87. The number of amides is 2. The molecule has 3 rings (SSSR count). The Morgan fingerprint density at radius 3 is 2.19 bits per heavy atom. The summed E-state index contributed by atoms with van der Waals surface area (Å²) in [6.45, 7) is 6.99. The number of benzene rings is 3. The minimum absolute atomic E-state index is 0.0864. The fraction of sp³-hybridized carbons (Fsp3) is 0.286. The highest BCUT2D eigenvalue weighted by molar-refractivity contribution is 7.92. The third-order valence-electron chi connectivity index (χ3n) is 6.09. The van der Waals surface area contributed by atoms with Crippen LogP contribution >= 0.6 is 0 Å². The monoisotopic (exact) mass is 507 g/mol. The summed E-state index contributed by atoms with van der Waals surface area (Å²) in [7, 11) is -2.56.